The second kappa shape index (κ2) is 5.57. The van der Waals surface area contributed by atoms with Gasteiger partial charge in [0, 0.05) is 10.9 Å². The summed E-state index contributed by atoms with van der Waals surface area (Å²) in [7, 11) is 0. The number of benzene rings is 1. The maximum atomic E-state index is 6.07. The summed E-state index contributed by atoms with van der Waals surface area (Å²) in [6.07, 6.45) is 4.60. The van der Waals surface area contributed by atoms with Crippen LogP contribution in [0.3, 0.4) is 0 Å². The van der Waals surface area contributed by atoms with E-state index in [1.165, 1.54) is 12.8 Å². The smallest absolute Gasteiger partial charge is 0.240 e. The second-order valence-electron chi connectivity index (χ2n) is 6.73. The molecule has 2 fully saturated rings. The lowest BCUT2D eigenvalue weighted by atomic mass is 10.2. The Bertz CT molecular complexity index is 884. The molecule has 1 aromatic carbocycles. The number of H-pyrrole nitrogens is 1. The topological polar surface area (TPSA) is 70.8 Å². The Kier molecular flexibility index (Phi) is 3.35. The fourth-order valence-corrected chi connectivity index (χ4v) is 3.67. The van der Waals surface area contributed by atoms with Crippen molar-refractivity contribution in [3.05, 3.63) is 40.8 Å². The average molecular weight is 344 g/mol. The molecule has 6 nitrogen and oxygen atoms in total. The lowest BCUT2D eigenvalue weighted by Gasteiger charge is -2.20. The van der Waals surface area contributed by atoms with E-state index in [4.69, 9.17) is 21.1 Å². The van der Waals surface area contributed by atoms with Gasteiger partial charge in [0.2, 0.25) is 5.89 Å². The van der Waals surface area contributed by atoms with Gasteiger partial charge in [-0.15, -0.1) is 0 Å². The molecule has 5 rings (SSSR count). The molecule has 3 aromatic rings. The van der Waals surface area contributed by atoms with Gasteiger partial charge in [-0.05, 0) is 50.4 Å². The molecule has 0 unspecified atom stereocenters. The van der Waals surface area contributed by atoms with Crippen LogP contribution >= 0.6 is 11.6 Å². The number of nitrogens with one attached hydrogen (secondary N) is 1. The van der Waals surface area contributed by atoms with E-state index in [9.17, 15) is 0 Å². The highest BCUT2D eigenvalue weighted by Crippen LogP contribution is 2.38. The third-order valence-electron chi connectivity index (χ3n) is 4.91. The van der Waals surface area contributed by atoms with Crippen molar-refractivity contribution in [1.29, 1.82) is 0 Å². The third kappa shape index (κ3) is 2.59. The maximum absolute atomic E-state index is 6.07. The first-order valence-electron chi connectivity index (χ1n) is 8.48. The Morgan fingerprint density at radius 3 is 3.04 bits per heavy atom. The van der Waals surface area contributed by atoms with Gasteiger partial charge < -0.3 is 9.51 Å². The van der Waals surface area contributed by atoms with Gasteiger partial charge in [-0.2, -0.15) is 4.98 Å². The number of aromatic nitrogens is 4. The molecule has 124 valence electrons. The van der Waals surface area contributed by atoms with Crippen molar-refractivity contribution in [3.63, 3.8) is 0 Å². The zero-order valence-corrected chi connectivity index (χ0v) is 14.0. The van der Waals surface area contributed by atoms with Crippen molar-refractivity contribution in [2.24, 2.45) is 0 Å². The minimum absolute atomic E-state index is 0.257. The third-order valence-corrected chi connectivity index (χ3v) is 5.14. The van der Waals surface area contributed by atoms with E-state index in [0.29, 0.717) is 18.4 Å². The Balaban J connectivity index is 1.38. The maximum Gasteiger partial charge on any atom is 0.240 e. The quantitative estimate of drug-likeness (QED) is 0.779. The second-order valence-corrected chi connectivity index (χ2v) is 7.17. The largest absolute Gasteiger partial charge is 0.341 e. The molecule has 1 atom stereocenters. The number of likely N-dealkylation sites (tertiary alicyclic amines) is 1. The van der Waals surface area contributed by atoms with Crippen molar-refractivity contribution >= 4 is 22.6 Å². The first kappa shape index (κ1) is 14.4. The molecular weight excluding hydrogens is 326 g/mol. The van der Waals surface area contributed by atoms with Crippen LogP contribution in [-0.2, 0) is 6.54 Å². The Morgan fingerprint density at radius 2 is 2.17 bits per heavy atom. The van der Waals surface area contributed by atoms with Crippen LogP contribution in [0.25, 0.3) is 11.0 Å². The molecule has 0 radical (unpaired) electrons. The average Bonchev–Trinajstić information content (AvgIpc) is 2.98. The number of hydrogen-bond acceptors (Lipinski definition) is 5. The van der Waals surface area contributed by atoms with Crippen LogP contribution in [0.4, 0.5) is 0 Å². The zero-order chi connectivity index (χ0) is 16.1. The summed E-state index contributed by atoms with van der Waals surface area (Å²) >= 11 is 6.07. The van der Waals surface area contributed by atoms with Gasteiger partial charge in [0.15, 0.2) is 5.82 Å². The van der Waals surface area contributed by atoms with Crippen LogP contribution < -0.4 is 0 Å². The van der Waals surface area contributed by atoms with Crippen molar-refractivity contribution in [3.8, 4) is 0 Å². The fourth-order valence-electron chi connectivity index (χ4n) is 3.50. The Labute approximate surface area is 144 Å². The van der Waals surface area contributed by atoms with Crippen LogP contribution in [0.15, 0.2) is 22.7 Å². The van der Waals surface area contributed by atoms with Gasteiger partial charge in [-0.25, -0.2) is 4.98 Å². The van der Waals surface area contributed by atoms with Gasteiger partial charge >= 0.3 is 0 Å². The fraction of sp³-hybridized carbons (Fsp3) is 0.471. The van der Waals surface area contributed by atoms with E-state index in [2.05, 4.69) is 20.0 Å². The number of aromatic amines is 1. The van der Waals surface area contributed by atoms with Crippen LogP contribution in [0.2, 0.25) is 5.02 Å². The molecule has 24 heavy (non-hydrogen) atoms. The van der Waals surface area contributed by atoms with E-state index >= 15 is 0 Å². The van der Waals surface area contributed by atoms with E-state index in [-0.39, 0.29) is 6.04 Å². The first-order valence-corrected chi connectivity index (χ1v) is 8.86. The van der Waals surface area contributed by atoms with Gasteiger partial charge in [-0.3, -0.25) is 4.90 Å². The highest BCUT2D eigenvalue weighted by molar-refractivity contribution is 6.31. The monoisotopic (exact) mass is 343 g/mol. The summed E-state index contributed by atoms with van der Waals surface area (Å²) in [4.78, 5) is 15.1. The zero-order valence-electron chi connectivity index (χ0n) is 13.2. The first-order chi connectivity index (χ1) is 11.8. The molecule has 3 heterocycles. The SMILES string of the molecule is Clc1ccc2nc([C@@H]3CCCN3Cc3nc(C4CC4)no3)[nH]c2c1. The van der Waals surface area contributed by atoms with Crippen molar-refractivity contribution in [2.45, 2.75) is 44.2 Å². The highest BCUT2D eigenvalue weighted by Gasteiger charge is 2.32. The molecule has 0 amide bonds. The minimum Gasteiger partial charge on any atom is -0.341 e. The van der Waals surface area contributed by atoms with Gasteiger partial charge in [0.25, 0.3) is 0 Å². The molecule has 7 heteroatoms. The van der Waals surface area contributed by atoms with Crippen molar-refractivity contribution < 1.29 is 4.52 Å². The van der Waals surface area contributed by atoms with Crippen LogP contribution in [0, 0.1) is 0 Å². The molecule has 1 aliphatic carbocycles. The van der Waals surface area contributed by atoms with Gasteiger partial charge in [0.05, 0.1) is 23.6 Å². The molecule has 1 N–H and O–H groups in total. The van der Waals surface area contributed by atoms with Crippen molar-refractivity contribution in [1.82, 2.24) is 25.0 Å². The molecule has 2 aliphatic rings. The summed E-state index contributed by atoms with van der Waals surface area (Å²) in [6.45, 7) is 1.70. The van der Waals surface area contributed by atoms with Crippen LogP contribution in [-0.4, -0.2) is 31.6 Å². The molecule has 0 spiro atoms. The van der Waals surface area contributed by atoms with Crippen molar-refractivity contribution in [2.75, 3.05) is 6.54 Å². The van der Waals surface area contributed by atoms with Gasteiger partial charge in [-0.1, -0.05) is 16.8 Å². The Hall–Kier alpha value is -1.92. The summed E-state index contributed by atoms with van der Waals surface area (Å²) in [5.74, 6) is 3.10. The van der Waals surface area contributed by atoms with E-state index in [1.807, 2.05) is 18.2 Å². The number of hydrogen-bond donors (Lipinski definition) is 1. The number of nitrogens with zero attached hydrogens (tertiary/aromatic N) is 4. The molecule has 1 saturated carbocycles. The number of rotatable bonds is 4. The van der Waals surface area contributed by atoms with Crippen LogP contribution in [0.5, 0.6) is 0 Å². The number of halogens is 1. The van der Waals surface area contributed by atoms with E-state index in [0.717, 1.165) is 47.1 Å². The standard InChI is InChI=1S/C17H18ClN5O/c18-11-5-6-12-13(8-11)20-17(19-12)14-2-1-7-23(14)9-15-21-16(22-24-15)10-3-4-10/h5-6,8,10,14H,1-4,7,9H2,(H,19,20)/t14-/m0/s1. The summed E-state index contributed by atoms with van der Waals surface area (Å²) in [6, 6.07) is 6.01. The van der Waals surface area contributed by atoms with Crippen LogP contribution in [0.1, 0.15) is 55.2 Å². The van der Waals surface area contributed by atoms with E-state index < -0.39 is 0 Å². The molecule has 2 aromatic heterocycles. The molecule has 1 saturated heterocycles. The van der Waals surface area contributed by atoms with E-state index in [1.54, 1.807) is 0 Å². The normalized spacial score (nSPS) is 21.8. The lowest BCUT2D eigenvalue weighted by molar-refractivity contribution is 0.207. The molecule has 1 aliphatic heterocycles. The number of fused-ring (bicyclic) bond motifs is 1. The number of imidazole rings is 1. The molecular formula is C17H18ClN5O. The summed E-state index contributed by atoms with van der Waals surface area (Å²) < 4.78 is 5.44. The summed E-state index contributed by atoms with van der Waals surface area (Å²) in [5.41, 5.74) is 1.94. The highest BCUT2D eigenvalue weighted by atomic mass is 35.5. The van der Waals surface area contributed by atoms with Gasteiger partial charge in [0.1, 0.15) is 5.82 Å². The summed E-state index contributed by atoms with van der Waals surface area (Å²) in [5, 5.41) is 4.83. The Morgan fingerprint density at radius 1 is 1.25 bits per heavy atom. The minimum atomic E-state index is 0.257. The predicted molar refractivity (Wildman–Crippen MR) is 89.8 cm³/mol. The lowest BCUT2D eigenvalue weighted by Crippen LogP contribution is -2.23. The predicted octanol–water partition coefficient (Wildman–Crippen LogP) is 3.81. The molecule has 0 bridgehead atoms.